The molecule has 1 aromatic carbocycles. The van der Waals surface area contributed by atoms with Crippen molar-refractivity contribution in [3.05, 3.63) is 35.1 Å². The van der Waals surface area contributed by atoms with Gasteiger partial charge in [0.25, 0.3) is 0 Å². The van der Waals surface area contributed by atoms with Gasteiger partial charge in [0.05, 0.1) is 24.8 Å². The van der Waals surface area contributed by atoms with Crippen LogP contribution < -0.4 is 0 Å². The molecule has 0 amide bonds. The molecule has 0 unspecified atom stereocenters. The van der Waals surface area contributed by atoms with Gasteiger partial charge in [0.15, 0.2) is 0 Å². The van der Waals surface area contributed by atoms with Gasteiger partial charge in [-0.25, -0.2) is 9.07 Å². The maximum Gasteiger partial charge on any atom is 0.209 e. The van der Waals surface area contributed by atoms with E-state index in [4.69, 9.17) is 10.4 Å². The van der Waals surface area contributed by atoms with Crippen molar-refractivity contribution < 1.29 is 9.50 Å². The molecule has 8 heteroatoms. The summed E-state index contributed by atoms with van der Waals surface area (Å²) < 4.78 is 14.7. The highest BCUT2D eigenvalue weighted by Crippen LogP contribution is 2.21. The van der Waals surface area contributed by atoms with Crippen LogP contribution in [0.3, 0.4) is 0 Å². The standard InChI is InChI=1S/C11H10FN5OS/c12-10-4-8(6-13)3-9(5-10)7-19-11-14-15-16-17(11)1-2-18/h3-5,18H,1-2,7H2. The number of rotatable bonds is 5. The van der Waals surface area contributed by atoms with Gasteiger partial charge in [-0.15, -0.1) is 5.10 Å². The predicted molar refractivity (Wildman–Crippen MR) is 65.6 cm³/mol. The lowest BCUT2D eigenvalue weighted by Gasteiger charge is -2.03. The molecule has 0 saturated heterocycles. The van der Waals surface area contributed by atoms with Crippen molar-refractivity contribution in [2.45, 2.75) is 17.5 Å². The van der Waals surface area contributed by atoms with E-state index < -0.39 is 5.82 Å². The molecule has 98 valence electrons. The average molecular weight is 279 g/mol. The second kappa shape index (κ2) is 6.26. The molecule has 0 spiro atoms. The molecule has 0 aliphatic rings. The lowest BCUT2D eigenvalue weighted by Crippen LogP contribution is -2.05. The number of benzene rings is 1. The van der Waals surface area contributed by atoms with E-state index in [0.29, 0.717) is 23.0 Å². The number of hydrogen-bond donors (Lipinski definition) is 1. The van der Waals surface area contributed by atoms with Crippen LogP contribution in [0.1, 0.15) is 11.1 Å². The highest BCUT2D eigenvalue weighted by molar-refractivity contribution is 7.98. The zero-order chi connectivity index (χ0) is 13.7. The molecule has 0 aliphatic heterocycles. The number of nitrogens with zero attached hydrogens (tertiary/aromatic N) is 5. The number of aliphatic hydroxyl groups is 1. The molecule has 0 fully saturated rings. The number of thioether (sulfide) groups is 1. The van der Waals surface area contributed by atoms with Gasteiger partial charge in [0.1, 0.15) is 5.82 Å². The Morgan fingerprint density at radius 3 is 3.00 bits per heavy atom. The zero-order valence-electron chi connectivity index (χ0n) is 9.82. The maximum absolute atomic E-state index is 13.2. The zero-order valence-corrected chi connectivity index (χ0v) is 10.6. The van der Waals surface area contributed by atoms with Crippen molar-refractivity contribution in [3.63, 3.8) is 0 Å². The second-order valence-corrected chi connectivity index (χ2v) is 4.60. The molecule has 1 N–H and O–H groups in total. The lowest BCUT2D eigenvalue weighted by atomic mass is 10.1. The van der Waals surface area contributed by atoms with Gasteiger partial charge in [-0.1, -0.05) is 11.8 Å². The van der Waals surface area contributed by atoms with Gasteiger partial charge < -0.3 is 5.11 Å². The number of hydrogen-bond acceptors (Lipinski definition) is 6. The van der Waals surface area contributed by atoms with Crippen LogP contribution in [0, 0.1) is 17.1 Å². The summed E-state index contributed by atoms with van der Waals surface area (Å²) in [5, 5.41) is 29.2. The first-order valence-corrected chi connectivity index (χ1v) is 6.41. The summed E-state index contributed by atoms with van der Waals surface area (Å²) in [5.41, 5.74) is 0.964. The van der Waals surface area contributed by atoms with Gasteiger partial charge >= 0.3 is 0 Å². The normalized spacial score (nSPS) is 10.4. The summed E-state index contributed by atoms with van der Waals surface area (Å²) in [5.74, 6) is 0.00252. The van der Waals surface area contributed by atoms with E-state index in [1.807, 2.05) is 6.07 Å². The summed E-state index contributed by atoms with van der Waals surface area (Å²) >= 11 is 1.31. The van der Waals surface area contributed by atoms with Crippen molar-refractivity contribution in [2.24, 2.45) is 0 Å². The monoisotopic (exact) mass is 279 g/mol. The fourth-order valence-electron chi connectivity index (χ4n) is 1.48. The van der Waals surface area contributed by atoms with Gasteiger partial charge in [-0.3, -0.25) is 0 Å². The number of aliphatic hydroxyl groups excluding tert-OH is 1. The molecule has 0 radical (unpaired) electrons. The van der Waals surface area contributed by atoms with Crippen LogP contribution in [0.4, 0.5) is 4.39 Å². The number of tetrazole rings is 1. The maximum atomic E-state index is 13.2. The second-order valence-electron chi connectivity index (χ2n) is 3.66. The Balaban J connectivity index is 2.08. The molecule has 2 rings (SSSR count). The number of aromatic nitrogens is 4. The third kappa shape index (κ3) is 3.49. The van der Waals surface area contributed by atoms with Crippen molar-refractivity contribution in [1.29, 1.82) is 5.26 Å². The molecule has 0 saturated carbocycles. The molecule has 1 aromatic heterocycles. The summed E-state index contributed by atoms with van der Waals surface area (Å²) in [4.78, 5) is 0. The van der Waals surface area contributed by atoms with E-state index in [-0.39, 0.29) is 12.2 Å². The Morgan fingerprint density at radius 2 is 2.26 bits per heavy atom. The Bertz CT molecular complexity index is 609. The van der Waals surface area contributed by atoms with Gasteiger partial charge in [0.2, 0.25) is 5.16 Å². The van der Waals surface area contributed by atoms with Crippen LogP contribution in [0.25, 0.3) is 0 Å². The van der Waals surface area contributed by atoms with Crippen LogP contribution >= 0.6 is 11.8 Å². The molecule has 19 heavy (non-hydrogen) atoms. The molecule has 0 bridgehead atoms. The Hall–Kier alpha value is -1.98. The highest BCUT2D eigenvalue weighted by Gasteiger charge is 2.07. The van der Waals surface area contributed by atoms with Crippen molar-refractivity contribution >= 4 is 11.8 Å². The first kappa shape index (κ1) is 13.5. The van der Waals surface area contributed by atoms with Crippen molar-refractivity contribution in [3.8, 4) is 6.07 Å². The third-order valence-electron chi connectivity index (χ3n) is 2.27. The van der Waals surface area contributed by atoms with E-state index in [1.54, 1.807) is 6.07 Å². The van der Waals surface area contributed by atoms with Crippen molar-refractivity contribution in [1.82, 2.24) is 20.2 Å². The lowest BCUT2D eigenvalue weighted by molar-refractivity contribution is 0.262. The SMILES string of the molecule is N#Cc1cc(F)cc(CSc2nnnn2CCO)c1. The summed E-state index contributed by atoms with van der Waals surface area (Å²) in [6.07, 6.45) is 0. The van der Waals surface area contributed by atoms with E-state index in [0.717, 1.165) is 0 Å². The molecule has 0 aliphatic carbocycles. The highest BCUT2D eigenvalue weighted by atomic mass is 32.2. The summed E-state index contributed by atoms with van der Waals surface area (Å²) in [7, 11) is 0. The van der Waals surface area contributed by atoms with Gasteiger partial charge in [-0.2, -0.15) is 5.26 Å². The van der Waals surface area contributed by atoms with Gasteiger partial charge in [0, 0.05) is 5.75 Å². The van der Waals surface area contributed by atoms with Crippen LogP contribution in [0.5, 0.6) is 0 Å². The van der Waals surface area contributed by atoms with Crippen molar-refractivity contribution in [2.75, 3.05) is 6.61 Å². The number of nitriles is 1. The van der Waals surface area contributed by atoms with E-state index in [2.05, 4.69) is 15.5 Å². The summed E-state index contributed by atoms with van der Waals surface area (Å²) in [6.45, 7) is 0.249. The fraction of sp³-hybridized carbons (Fsp3) is 0.273. The minimum absolute atomic E-state index is 0.0584. The Labute approximate surface area is 112 Å². The van der Waals surface area contributed by atoms with Crippen LogP contribution in [-0.4, -0.2) is 31.9 Å². The largest absolute Gasteiger partial charge is 0.394 e. The molecule has 6 nitrogen and oxygen atoms in total. The van der Waals surface area contributed by atoms with E-state index in [9.17, 15) is 4.39 Å². The Morgan fingerprint density at radius 1 is 1.42 bits per heavy atom. The molecular formula is C11H10FN5OS. The smallest absolute Gasteiger partial charge is 0.209 e. The molecule has 1 heterocycles. The quantitative estimate of drug-likeness (QED) is 0.820. The average Bonchev–Trinajstić information content (AvgIpc) is 2.83. The first-order valence-electron chi connectivity index (χ1n) is 5.42. The third-order valence-corrected chi connectivity index (χ3v) is 3.29. The molecular weight excluding hydrogens is 269 g/mol. The molecule has 0 atom stereocenters. The van der Waals surface area contributed by atoms with Crippen LogP contribution in [-0.2, 0) is 12.3 Å². The Kier molecular flexibility index (Phi) is 4.43. The van der Waals surface area contributed by atoms with E-state index >= 15 is 0 Å². The number of halogens is 1. The first-order chi connectivity index (χ1) is 9.22. The predicted octanol–water partition coefficient (Wildman–Crippen LogP) is 0.968. The minimum atomic E-state index is -0.440. The van der Waals surface area contributed by atoms with E-state index in [1.165, 1.54) is 28.6 Å². The molecule has 2 aromatic rings. The minimum Gasteiger partial charge on any atom is -0.394 e. The van der Waals surface area contributed by atoms with Gasteiger partial charge in [-0.05, 0) is 34.2 Å². The topological polar surface area (TPSA) is 87.6 Å². The van der Waals surface area contributed by atoms with Crippen LogP contribution in [0.2, 0.25) is 0 Å². The fourth-order valence-corrected chi connectivity index (χ4v) is 2.31. The van der Waals surface area contributed by atoms with Crippen LogP contribution in [0.15, 0.2) is 23.4 Å². The summed E-state index contributed by atoms with van der Waals surface area (Å²) in [6, 6.07) is 6.08.